The van der Waals surface area contributed by atoms with Crippen molar-refractivity contribution in [3.8, 4) is 5.75 Å². The van der Waals surface area contributed by atoms with E-state index in [9.17, 15) is 14.4 Å². The van der Waals surface area contributed by atoms with Gasteiger partial charge in [0.05, 0.1) is 28.5 Å². The van der Waals surface area contributed by atoms with Crippen LogP contribution in [0.2, 0.25) is 0 Å². The molecule has 0 N–H and O–H groups in total. The molecule has 8 heteroatoms. The zero-order valence-corrected chi connectivity index (χ0v) is 21.7. The van der Waals surface area contributed by atoms with Crippen LogP contribution < -0.4 is 19.6 Å². The van der Waals surface area contributed by atoms with E-state index >= 15 is 0 Å². The Morgan fingerprint density at radius 3 is 2.36 bits per heavy atom. The van der Waals surface area contributed by atoms with Crippen LogP contribution in [0.25, 0.3) is 6.08 Å². The summed E-state index contributed by atoms with van der Waals surface area (Å²) in [5, 5.41) is 0. The molecule has 0 fully saturated rings. The highest BCUT2D eigenvalue weighted by Gasteiger charge is 2.33. The van der Waals surface area contributed by atoms with Crippen molar-refractivity contribution < 1.29 is 19.1 Å². The van der Waals surface area contributed by atoms with E-state index < -0.39 is 18.0 Å². The number of thiazole rings is 1. The van der Waals surface area contributed by atoms with Gasteiger partial charge in [-0.15, -0.1) is 0 Å². The highest BCUT2D eigenvalue weighted by Crippen LogP contribution is 2.31. The molecule has 0 aliphatic carbocycles. The first kappa shape index (κ1) is 25.3. The molecule has 186 valence electrons. The molecule has 3 aromatic rings. The zero-order chi connectivity index (χ0) is 26.0. The van der Waals surface area contributed by atoms with E-state index in [0.717, 1.165) is 5.56 Å². The summed E-state index contributed by atoms with van der Waals surface area (Å²) in [6.45, 7) is 9.27. The Labute approximate surface area is 213 Å². The number of ether oxygens (including phenoxy) is 2. The summed E-state index contributed by atoms with van der Waals surface area (Å²) >= 11 is 1.28. The SMILES string of the molecule is CCOC(=O)C1=C(C)N=c2s/c(=C/c3ccc(C(C)C)cc3)c(=O)n2[C@@H]1c1ccc(OC(C)=O)cc1. The first-order valence-electron chi connectivity index (χ1n) is 11.8. The van der Waals surface area contributed by atoms with Crippen LogP contribution >= 0.6 is 11.3 Å². The van der Waals surface area contributed by atoms with Gasteiger partial charge in [0.25, 0.3) is 5.56 Å². The quantitative estimate of drug-likeness (QED) is 0.376. The number of hydrogen-bond donors (Lipinski definition) is 0. The summed E-state index contributed by atoms with van der Waals surface area (Å²) in [5.74, 6) is -0.158. The second-order valence-corrected chi connectivity index (χ2v) is 9.80. The lowest BCUT2D eigenvalue weighted by Crippen LogP contribution is -2.39. The number of allylic oxidation sites excluding steroid dienone is 1. The van der Waals surface area contributed by atoms with Gasteiger partial charge >= 0.3 is 11.9 Å². The van der Waals surface area contributed by atoms with Crippen LogP contribution in [0, 0.1) is 0 Å². The molecule has 0 saturated heterocycles. The molecule has 2 aromatic carbocycles. The fourth-order valence-electron chi connectivity index (χ4n) is 4.12. The maximum absolute atomic E-state index is 13.7. The monoisotopic (exact) mass is 504 g/mol. The number of carbonyl (C=O) groups excluding carboxylic acids is 2. The van der Waals surface area contributed by atoms with Gasteiger partial charge < -0.3 is 9.47 Å². The Kier molecular flexibility index (Phi) is 7.35. The van der Waals surface area contributed by atoms with Gasteiger partial charge in [-0.05, 0) is 54.7 Å². The number of esters is 2. The summed E-state index contributed by atoms with van der Waals surface area (Å²) in [6, 6.07) is 14.1. The summed E-state index contributed by atoms with van der Waals surface area (Å²) in [6.07, 6.45) is 1.85. The summed E-state index contributed by atoms with van der Waals surface area (Å²) in [7, 11) is 0. The van der Waals surface area contributed by atoms with E-state index in [-0.39, 0.29) is 12.2 Å². The molecule has 0 radical (unpaired) electrons. The van der Waals surface area contributed by atoms with Crippen molar-refractivity contribution in [3.63, 3.8) is 0 Å². The van der Waals surface area contributed by atoms with Gasteiger partial charge in [-0.25, -0.2) is 9.79 Å². The van der Waals surface area contributed by atoms with Gasteiger partial charge in [0.2, 0.25) is 0 Å². The minimum atomic E-state index is -0.725. The number of hydrogen-bond acceptors (Lipinski definition) is 7. The smallest absolute Gasteiger partial charge is 0.338 e. The largest absolute Gasteiger partial charge is 0.463 e. The third-order valence-electron chi connectivity index (χ3n) is 5.88. The normalized spacial score (nSPS) is 15.5. The van der Waals surface area contributed by atoms with Crippen molar-refractivity contribution in [1.82, 2.24) is 4.57 Å². The minimum absolute atomic E-state index is 0.199. The van der Waals surface area contributed by atoms with E-state index in [1.54, 1.807) is 42.7 Å². The molecule has 0 unspecified atom stereocenters. The molecule has 1 aromatic heterocycles. The average molecular weight is 505 g/mol. The van der Waals surface area contributed by atoms with Gasteiger partial charge in [-0.2, -0.15) is 0 Å². The molecule has 0 amide bonds. The summed E-state index contributed by atoms with van der Waals surface area (Å²) < 4.78 is 12.5. The maximum atomic E-state index is 13.7. The van der Waals surface area contributed by atoms with E-state index in [1.165, 1.54) is 23.8 Å². The Bertz CT molecular complexity index is 1510. The van der Waals surface area contributed by atoms with Crippen LogP contribution in [0.4, 0.5) is 0 Å². The molecule has 0 saturated carbocycles. The second-order valence-electron chi connectivity index (χ2n) is 8.79. The van der Waals surface area contributed by atoms with Gasteiger partial charge in [0.1, 0.15) is 5.75 Å². The average Bonchev–Trinajstić information content (AvgIpc) is 3.13. The number of rotatable bonds is 6. The van der Waals surface area contributed by atoms with Crippen LogP contribution in [0.3, 0.4) is 0 Å². The molecule has 0 spiro atoms. The first-order chi connectivity index (χ1) is 17.2. The van der Waals surface area contributed by atoms with Crippen LogP contribution in [0.15, 0.2) is 69.6 Å². The van der Waals surface area contributed by atoms with Crippen LogP contribution in [-0.4, -0.2) is 23.1 Å². The van der Waals surface area contributed by atoms with Crippen molar-refractivity contribution in [2.24, 2.45) is 4.99 Å². The number of fused-ring (bicyclic) bond motifs is 1. The third-order valence-corrected chi connectivity index (χ3v) is 6.86. The highest BCUT2D eigenvalue weighted by molar-refractivity contribution is 7.07. The lowest BCUT2D eigenvalue weighted by molar-refractivity contribution is -0.139. The fraction of sp³-hybridized carbons (Fsp3) is 0.286. The van der Waals surface area contributed by atoms with Gasteiger partial charge in [0.15, 0.2) is 4.80 Å². The Morgan fingerprint density at radius 1 is 1.11 bits per heavy atom. The third kappa shape index (κ3) is 5.09. The molecule has 0 bridgehead atoms. The lowest BCUT2D eigenvalue weighted by Gasteiger charge is -2.24. The van der Waals surface area contributed by atoms with Crippen molar-refractivity contribution in [2.75, 3.05) is 6.61 Å². The van der Waals surface area contributed by atoms with Gasteiger partial charge in [-0.3, -0.25) is 14.2 Å². The molecular weight excluding hydrogens is 476 g/mol. The van der Waals surface area contributed by atoms with E-state index in [1.807, 2.05) is 18.2 Å². The number of aromatic nitrogens is 1. The van der Waals surface area contributed by atoms with Crippen molar-refractivity contribution in [3.05, 3.63) is 96.2 Å². The van der Waals surface area contributed by atoms with Crippen LogP contribution in [0.1, 0.15) is 63.3 Å². The molecule has 36 heavy (non-hydrogen) atoms. The van der Waals surface area contributed by atoms with Crippen LogP contribution in [-0.2, 0) is 14.3 Å². The molecule has 1 aliphatic heterocycles. The minimum Gasteiger partial charge on any atom is -0.463 e. The molecule has 1 aliphatic rings. The van der Waals surface area contributed by atoms with E-state index in [4.69, 9.17) is 9.47 Å². The molecule has 7 nitrogen and oxygen atoms in total. The van der Waals surface area contributed by atoms with E-state index in [2.05, 4.69) is 31.0 Å². The molecular formula is C28H28N2O5S. The van der Waals surface area contributed by atoms with Gasteiger partial charge in [0, 0.05) is 6.92 Å². The number of benzene rings is 2. The van der Waals surface area contributed by atoms with Crippen LogP contribution in [0.5, 0.6) is 5.75 Å². The van der Waals surface area contributed by atoms with Crippen molar-refractivity contribution >= 4 is 29.4 Å². The predicted molar refractivity (Wildman–Crippen MR) is 139 cm³/mol. The molecule has 2 heterocycles. The van der Waals surface area contributed by atoms with Crippen molar-refractivity contribution in [1.29, 1.82) is 0 Å². The first-order valence-corrected chi connectivity index (χ1v) is 12.6. The summed E-state index contributed by atoms with van der Waals surface area (Å²) in [4.78, 5) is 43.1. The molecule has 4 rings (SSSR count). The van der Waals surface area contributed by atoms with Crippen molar-refractivity contribution in [2.45, 2.75) is 46.6 Å². The predicted octanol–water partition coefficient (Wildman–Crippen LogP) is 3.85. The second kappa shape index (κ2) is 10.5. The van der Waals surface area contributed by atoms with Gasteiger partial charge in [-0.1, -0.05) is 61.6 Å². The van der Waals surface area contributed by atoms with E-state index in [0.29, 0.717) is 37.8 Å². The Hall–Kier alpha value is -3.78. The lowest BCUT2D eigenvalue weighted by atomic mass is 9.96. The number of nitrogens with zero attached hydrogens (tertiary/aromatic N) is 2. The topological polar surface area (TPSA) is 87.0 Å². The standard InChI is InChI=1S/C28H28N2O5S/c1-6-34-27(33)24-17(4)29-28-30(25(24)21-11-13-22(14-12-21)35-18(5)31)26(32)23(36-28)15-19-7-9-20(10-8-19)16(2)3/h7-16,25H,6H2,1-5H3/b23-15+/t25-/m1/s1. The molecule has 1 atom stereocenters. The summed E-state index contributed by atoms with van der Waals surface area (Å²) in [5.41, 5.74) is 3.37. The number of carbonyl (C=O) groups is 2. The zero-order valence-electron chi connectivity index (χ0n) is 20.9. The Morgan fingerprint density at radius 2 is 1.78 bits per heavy atom. The maximum Gasteiger partial charge on any atom is 0.338 e. The fourth-order valence-corrected chi connectivity index (χ4v) is 5.17. The Balaban J connectivity index is 1.86. The highest BCUT2D eigenvalue weighted by atomic mass is 32.1.